The second-order valence-corrected chi connectivity index (χ2v) is 6.42. The highest BCUT2D eigenvalue weighted by Crippen LogP contribution is 2.22. The van der Waals surface area contributed by atoms with Gasteiger partial charge in [-0.25, -0.2) is 0 Å². The first-order valence-electron chi connectivity index (χ1n) is 8.05. The van der Waals surface area contributed by atoms with Gasteiger partial charge in [0, 0.05) is 24.2 Å². The Hall–Kier alpha value is -0.610. The van der Waals surface area contributed by atoms with Crippen LogP contribution in [0.15, 0.2) is 24.3 Å². The van der Waals surface area contributed by atoms with Crippen molar-refractivity contribution in [2.75, 3.05) is 32.8 Å². The number of nitrogens with zero attached hydrogens (tertiary/aromatic N) is 1. The van der Waals surface area contributed by atoms with Gasteiger partial charge in [0.25, 0.3) is 0 Å². The predicted octanol–water partition coefficient (Wildman–Crippen LogP) is 3.09. The summed E-state index contributed by atoms with van der Waals surface area (Å²) in [4.78, 5) is 2.47. The van der Waals surface area contributed by atoms with Crippen molar-refractivity contribution in [2.24, 2.45) is 5.92 Å². The second-order valence-electron chi connectivity index (χ2n) is 5.98. The molecule has 3 nitrogen and oxygen atoms in total. The largest absolute Gasteiger partial charge is 0.396 e. The number of hydrogen-bond donors (Lipinski definition) is 2. The van der Waals surface area contributed by atoms with Gasteiger partial charge in [-0.2, -0.15) is 0 Å². The lowest BCUT2D eigenvalue weighted by Gasteiger charge is -2.23. The molecule has 1 aromatic carbocycles. The molecule has 21 heavy (non-hydrogen) atoms. The fraction of sp³-hybridized carbons (Fsp3) is 0.647. The van der Waals surface area contributed by atoms with Gasteiger partial charge in [0.2, 0.25) is 0 Å². The van der Waals surface area contributed by atoms with Crippen LogP contribution in [0.1, 0.15) is 37.8 Å². The third-order valence-electron chi connectivity index (χ3n) is 4.28. The molecule has 0 saturated carbocycles. The van der Waals surface area contributed by atoms with Crippen molar-refractivity contribution in [3.63, 3.8) is 0 Å². The van der Waals surface area contributed by atoms with E-state index in [1.165, 1.54) is 5.56 Å². The van der Waals surface area contributed by atoms with Gasteiger partial charge in [-0.15, -0.1) is 0 Å². The average Bonchev–Trinajstić information content (AvgIpc) is 2.97. The molecule has 4 heteroatoms. The maximum Gasteiger partial charge on any atom is 0.0471 e. The summed E-state index contributed by atoms with van der Waals surface area (Å²) in [6.07, 6.45) is 3.37. The third kappa shape index (κ3) is 5.26. The number of aliphatic hydroxyl groups excluding tert-OH is 1. The van der Waals surface area contributed by atoms with Crippen LogP contribution in [0.5, 0.6) is 0 Å². The van der Waals surface area contributed by atoms with Crippen LogP contribution in [0.2, 0.25) is 5.02 Å². The minimum absolute atomic E-state index is 0.325. The highest BCUT2D eigenvalue weighted by Gasteiger charge is 2.22. The second kappa shape index (κ2) is 8.74. The maximum atomic E-state index is 9.23. The van der Waals surface area contributed by atoms with E-state index in [0.717, 1.165) is 50.5 Å². The van der Waals surface area contributed by atoms with Crippen LogP contribution in [0, 0.1) is 5.92 Å². The Morgan fingerprint density at radius 1 is 1.38 bits per heavy atom. The average molecular weight is 311 g/mol. The van der Waals surface area contributed by atoms with Crippen molar-refractivity contribution in [3.8, 4) is 0 Å². The summed E-state index contributed by atoms with van der Waals surface area (Å²) in [7, 11) is 0. The summed E-state index contributed by atoms with van der Waals surface area (Å²) in [5.41, 5.74) is 1.31. The fourth-order valence-corrected chi connectivity index (χ4v) is 3.10. The number of likely N-dealkylation sites (tertiary alicyclic amines) is 1. The molecule has 118 valence electrons. The summed E-state index contributed by atoms with van der Waals surface area (Å²) in [6, 6.07) is 8.56. The van der Waals surface area contributed by atoms with E-state index in [1.54, 1.807) is 0 Å². The Labute approximate surface area is 133 Å². The van der Waals surface area contributed by atoms with Gasteiger partial charge in [-0.1, -0.05) is 30.7 Å². The Kier molecular flexibility index (Phi) is 6.97. The Morgan fingerprint density at radius 2 is 2.14 bits per heavy atom. The minimum Gasteiger partial charge on any atom is -0.396 e. The highest BCUT2D eigenvalue weighted by atomic mass is 35.5. The van der Waals surface area contributed by atoms with Gasteiger partial charge in [0.15, 0.2) is 0 Å². The number of rotatable bonds is 8. The number of hydrogen-bond acceptors (Lipinski definition) is 3. The van der Waals surface area contributed by atoms with E-state index in [1.807, 2.05) is 12.1 Å². The van der Waals surface area contributed by atoms with Gasteiger partial charge in [0.1, 0.15) is 0 Å². The third-order valence-corrected chi connectivity index (χ3v) is 4.53. The molecular formula is C17H27ClN2O. The lowest BCUT2D eigenvalue weighted by atomic mass is 10.0. The van der Waals surface area contributed by atoms with Crippen molar-refractivity contribution >= 4 is 11.6 Å². The number of aliphatic hydroxyl groups is 1. The molecule has 1 fully saturated rings. The fourth-order valence-electron chi connectivity index (χ4n) is 2.98. The number of benzene rings is 1. The zero-order valence-corrected chi connectivity index (χ0v) is 13.6. The summed E-state index contributed by atoms with van der Waals surface area (Å²) >= 11 is 5.98. The SMILES string of the molecule is CCCNC(CCN1CCC(CO)C1)c1ccc(Cl)cc1. The molecule has 0 bridgehead atoms. The Bertz CT molecular complexity index is 410. The first-order chi connectivity index (χ1) is 10.2. The van der Waals surface area contributed by atoms with E-state index >= 15 is 0 Å². The molecule has 0 amide bonds. The molecule has 0 aromatic heterocycles. The highest BCUT2D eigenvalue weighted by molar-refractivity contribution is 6.30. The smallest absolute Gasteiger partial charge is 0.0471 e. The predicted molar refractivity (Wildman–Crippen MR) is 88.7 cm³/mol. The zero-order valence-electron chi connectivity index (χ0n) is 12.9. The molecule has 2 N–H and O–H groups in total. The lowest BCUT2D eigenvalue weighted by molar-refractivity contribution is 0.219. The van der Waals surface area contributed by atoms with Crippen LogP contribution in [0.3, 0.4) is 0 Å². The monoisotopic (exact) mass is 310 g/mol. The molecule has 1 aliphatic rings. The summed E-state index contributed by atoms with van der Waals surface area (Å²) in [5, 5.41) is 13.7. The molecule has 2 atom stereocenters. The van der Waals surface area contributed by atoms with E-state index in [-0.39, 0.29) is 0 Å². The molecule has 1 heterocycles. The normalized spacial score (nSPS) is 20.8. The van der Waals surface area contributed by atoms with Gasteiger partial charge >= 0.3 is 0 Å². The lowest BCUT2D eigenvalue weighted by Crippen LogP contribution is -2.29. The van der Waals surface area contributed by atoms with Crippen LogP contribution in [0.4, 0.5) is 0 Å². The summed E-state index contributed by atoms with van der Waals surface area (Å²) in [5.74, 6) is 0.475. The Morgan fingerprint density at radius 3 is 2.76 bits per heavy atom. The molecule has 2 rings (SSSR count). The topological polar surface area (TPSA) is 35.5 Å². The molecule has 0 spiro atoms. The van der Waals surface area contributed by atoms with Crippen molar-refractivity contribution in [2.45, 2.75) is 32.2 Å². The molecule has 0 radical (unpaired) electrons. The number of nitrogens with one attached hydrogen (secondary N) is 1. The summed E-state index contributed by atoms with van der Waals surface area (Å²) < 4.78 is 0. The first-order valence-corrected chi connectivity index (χ1v) is 8.42. The van der Waals surface area contributed by atoms with E-state index in [0.29, 0.717) is 18.6 Å². The minimum atomic E-state index is 0.325. The van der Waals surface area contributed by atoms with Gasteiger partial charge in [-0.3, -0.25) is 0 Å². The van der Waals surface area contributed by atoms with Gasteiger partial charge in [-0.05, 0) is 62.5 Å². The van der Waals surface area contributed by atoms with Crippen LogP contribution in [-0.4, -0.2) is 42.8 Å². The van der Waals surface area contributed by atoms with Gasteiger partial charge in [0.05, 0.1) is 0 Å². The van der Waals surface area contributed by atoms with Crippen LogP contribution >= 0.6 is 11.6 Å². The van der Waals surface area contributed by atoms with Crippen molar-refractivity contribution in [1.29, 1.82) is 0 Å². The molecule has 2 unspecified atom stereocenters. The van der Waals surface area contributed by atoms with Crippen molar-refractivity contribution in [3.05, 3.63) is 34.9 Å². The standard InChI is InChI=1S/C17H27ClN2O/c1-2-9-19-17(15-3-5-16(18)6-4-15)8-11-20-10-7-14(12-20)13-21/h3-6,14,17,19,21H,2,7-13H2,1H3. The van der Waals surface area contributed by atoms with E-state index in [4.69, 9.17) is 11.6 Å². The Balaban J connectivity index is 1.89. The molecule has 1 aromatic rings. The zero-order chi connectivity index (χ0) is 15.1. The van der Waals surface area contributed by atoms with E-state index in [9.17, 15) is 5.11 Å². The van der Waals surface area contributed by atoms with Crippen LogP contribution < -0.4 is 5.32 Å². The molecular weight excluding hydrogens is 284 g/mol. The van der Waals surface area contributed by atoms with Crippen LogP contribution in [-0.2, 0) is 0 Å². The van der Waals surface area contributed by atoms with Gasteiger partial charge < -0.3 is 15.3 Å². The summed E-state index contributed by atoms with van der Waals surface area (Å²) in [6.45, 7) is 6.79. The van der Waals surface area contributed by atoms with Crippen molar-refractivity contribution in [1.82, 2.24) is 10.2 Å². The maximum absolute atomic E-state index is 9.23. The number of halogens is 1. The molecule has 0 aliphatic carbocycles. The molecule has 1 saturated heterocycles. The van der Waals surface area contributed by atoms with Crippen LogP contribution in [0.25, 0.3) is 0 Å². The van der Waals surface area contributed by atoms with E-state index in [2.05, 4.69) is 29.3 Å². The van der Waals surface area contributed by atoms with E-state index < -0.39 is 0 Å². The molecule has 1 aliphatic heterocycles. The quantitative estimate of drug-likeness (QED) is 0.774. The first kappa shape index (κ1) is 16.8. The van der Waals surface area contributed by atoms with Crippen molar-refractivity contribution < 1.29 is 5.11 Å².